The second kappa shape index (κ2) is 3.76. The molecule has 0 unspecified atom stereocenters. The standard InChI is InChI=1S/C11H9Cl2N/c1-7-6-8-4-2-3-5-9(8)14-10(7)11(12)13/h2-6,11H,1H3. The first kappa shape index (κ1) is 9.75. The van der Waals surface area contributed by atoms with Crippen molar-refractivity contribution in [3.8, 4) is 0 Å². The SMILES string of the molecule is Cc1cc2ccccc2nc1C(Cl)Cl. The Balaban J connectivity index is 2.71. The lowest BCUT2D eigenvalue weighted by atomic mass is 10.1. The predicted octanol–water partition coefficient (Wildman–Crippen LogP) is 4.02. The van der Waals surface area contributed by atoms with Crippen molar-refractivity contribution in [2.75, 3.05) is 0 Å². The van der Waals surface area contributed by atoms with E-state index < -0.39 is 4.84 Å². The average Bonchev–Trinajstić information content (AvgIpc) is 2.16. The van der Waals surface area contributed by atoms with Gasteiger partial charge in [-0.15, -0.1) is 0 Å². The maximum absolute atomic E-state index is 5.81. The molecular weight excluding hydrogens is 217 g/mol. The molecule has 0 aliphatic carbocycles. The number of hydrogen-bond acceptors (Lipinski definition) is 1. The molecule has 0 bridgehead atoms. The fourth-order valence-corrected chi connectivity index (χ4v) is 1.90. The molecule has 1 aromatic heterocycles. The van der Waals surface area contributed by atoms with Gasteiger partial charge >= 0.3 is 0 Å². The second-order valence-corrected chi connectivity index (χ2v) is 4.28. The lowest BCUT2D eigenvalue weighted by molar-refractivity contribution is 1.14. The summed E-state index contributed by atoms with van der Waals surface area (Å²) in [5, 5.41) is 1.11. The Bertz CT molecular complexity index is 466. The van der Waals surface area contributed by atoms with Crippen LogP contribution < -0.4 is 0 Å². The van der Waals surface area contributed by atoms with Gasteiger partial charge in [-0.2, -0.15) is 0 Å². The molecule has 0 fully saturated rings. The van der Waals surface area contributed by atoms with Crippen molar-refractivity contribution in [3.63, 3.8) is 0 Å². The Morgan fingerprint density at radius 3 is 2.64 bits per heavy atom. The van der Waals surface area contributed by atoms with E-state index in [9.17, 15) is 0 Å². The molecule has 1 nitrogen and oxygen atoms in total. The summed E-state index contributed by atoms with van der Waals surface area (Å²) in [7, 11) is 0. The van der Waals surface area contributed by atoms with Crippen LogP contribution in [0.4, 0.5) is 0 Å². The van der Waals surface area contributed by atoms with E-state index in [1.165, 1.54) is 0 Å². The van der Waals surface area contributed by atoms with E-state index in [2.05, 4.69) is 11.1 Å². The van der Waals surface area contributed by atoms with Crippen molar-refractivity contribution in [1.82, 2.24) is 4.98 Å². The van der Waals surface area contributed by atoms with E-state index >= 15 is 0 Å². The van der Waals surface area contributed by atoms with Crippen LogP contribution in [0.15, 0.2) is 30.3 Å². The third-order valence-corrected chi connectivity index (χ3v) is 2.57. The molecule has 2 aromatic rings. The first-order valence-electron chi connectivity index (χ1n) is 4.33. The van der Waals surface area contributed by atoms with Crippen molar-refractivity contribution >= 4 is 34.1 Å². The highest BCUT2D eigenvalue weighted by atomic mass is 35.5. The van der Waals surface area contributed by atoms with Gasteiger partial charge in [0.2, 0.25) is 0 Å². The van der Waals surface area contributed by atoms with Gasteiger partial charge in [0, 0.05) is 5.39 Å². The third kappa shape index (κ3) is 1.70. The van der Waals surface area contributed by atoms with Crippen LogP contribution in [0, 0.1) is 6.92 Å². The van der Waals surface area contributed by atoms with Crippen LogP contribution in [-0.4, -0.2) is 4.98 Å². The predicted molar refractivity (Wildman–Crippen MR) is 60.9 cm³/mol. The van der Waals surface area contributed by atoms with Crippen molar-refractivity contribution < 1.29 is 0 Å². The number of halogens is 2. The molecule has 0 atom stereocenters. The zero-order valence-corrected chi connectivity index (χ0v) is 9.18. The smallest absolute Gasteiger partial charge is 0.149 e. The Labute approximate surface area is 92.7 Å². The van der Waals surface area contributed by atoms with Crippen molar-refractivity contribution in [3.05, 3.63) is 41.6 Å². The minimum Gasteiger partial charge on any atom is -0.250 e. The highest BCUT2D eigenvalue weighted by molar-refractivity contribution is 6.44. The molecule has 0 amide bonds. The molecule has 72 valence electrons. The van der Waals surface area contributed by atoms with Crippen molar-refractivity contribution in [1.29, 1.82) is 0 Å². The number of hydrogen-bond donors (Lipinski definition) is 0. The summed E-state index contributed by atoms with van der Waals surface area (Å²) in [6.45, 7) is 1.96. The molecule has 0 saturated heterocycles. The number of benzene rings is 1. The van der Waals surface area contributed by atoms with Gasteiger partial charge in [0.15, 0.2) is 0 Å². The number of nitrogens with zero attached hydrogens (tertiary/aromatic N) is 1. The van der Waals surface area contributed by atoms with E-state index in [4.69, 9.17) is 23.2 Å². The summed E-state index contributed by atoms with van der Waals surface area (Å²) in [4.78, 5) is 3.85. The number of fused-ring (bicyclic) bond motifs is 1. The second-order valence-electron chi connectivity index (χ2n) is 3.18. The van der Waals surface area contributed by atoms with Crippen LogP contribution in [0.2, 0.25) is 0 Å². The zero-order chi connectivity index (χ0) is 10.1. The number of alkyl halides is 2. The van der Waals surface area contributed by atoms with Crippen LogP contribution >= 0.6 is 23.2 Å². The van der Waals surface area contributed by atoms with Gasteiger partial charge < -0.3 is 0 Å². The Kier molecular flexibility index (Phi) is 2.62. The van der Waals surface area contributed by atoms with E-state index in [0.717, 1.165) is 22.2 Å². The minimum atomic E-state index is -0.556. The maximum atomic E-state index is 5.81. The van der Waals surface area contributed by atoms with Crippen molar-refractivity contribution in [2.45, 2.75) is 11.8 Å². The topological polar surface area (TPSA) is 12.9 Å². The average molecular weight is 226 g/mol. The summed E-state index contributed by atoms with van der Waals surface area (Å²) in [6.07, 6.45) is 0. The van der Waals surface area contributed by atoms with Gasteiger partial charge in [0.1, 0.15) is 4.84 Å². The van der Waals surface area contributed by atoms with Crippen LogP contribution in [0.25, 0.3) is 10.9 Å². The van der Waals surface area contributed by atoms with Crippen LogP contribution in [-0.2, 0) is 0 Å². The highest BCUT2D eigenvalue weighted by Crippen LogP contribution is 2.27. The quantitative estimate of drug-likeness (QED) is 0.669. The molecule has 2 rings (SSSR count). The molecule has 0 aliphatic heterocycles. The Morgan fingerprint density at radius 1 is 1.21 bits per heavy atom. The normalized spacial score (nSPS) is 11.1. The maximum Gasteiger partial charge on any atom is 0.149 e. The fraction of sp³-hybridized carbons (Fsp3) is 0.182. The molecule has 0 spiro atoms. The Hall–Kier alpha value is -0.790. The minimum absolute atomic E-state index is 0.556. The number of rotatable bonds is 1. The molecule has 0 saturated carbocycles. The van der Waals surface area contributed by atoms with E-state index in [0.29, 0.717) is 0 Å². The van der Waals surface area contributed by atoms with Gasteiger partial charge in [-0.1, -0.05) is 41.4 Å². The number of para-hydroxylation sites is 1. The zero-order valence-electron chi connectivity index (χ0n) is 7.67. The van der Waals surface area contributed by atoms with Gasteiger partial charge in [-0.05, 0) is 24.6 Å². The van der Waals surface area contributed by atoms with Gasteiger partial charge in [-0.25, -0.2) is 4.98 Å². The van der Waals surface area contributed by atoms with Crippen LogP contribution in [0.1, 0.15) is 16.1 Å². The summed E-state index contributed by atoms with van der Waals surface area (Å²) in [6, 6.07) is 9.97. The van der Waals surface area contributed by atoms with E-state index in [1.54, 1.807) is 0 Å². The first-order chi connectivity index (χ1) is 6.68. The van der Waals surface area contributed by atoms with Gasteiger partial charge in [0.25, 0.3) is 0 Å². The van der Waals surface area contributed by atoms with Crippen molar-refractivity contribution in [2.24, 2.45) is 0 Å². The van der Waals surface area contributed by atoms with Gasteiger partial charge in [0.05, 0.1) is 11.2 Å². The number of aryl methyl sites for hydroxylation is 1. The monoisotopic (exact) mass is 225 g/mol. The highest BCUT2D eigenvalue weighted by Gasteiger charge is 2.09. The molecular formula is C11H9Cl2N. The summed E-state index contributed by atoms with van der Waals surface area (Å²) in [5.74, 6) is 0. The fourth-order valence-electron chi connectivity index (χ4n) is 1.46. The lowest BCUT2D eigenvalue weighted by Gasteiger charge is -2.07. The van der Waals surface area contributed by atoms with E-state index in [1.807, 2.05) is 31.2 Å². The molecule has 14 heavy (non-hydrogen) atoms. The summed E-state index contributed by atoms with van der Waals surface area (Å²) < 4.78 is 0. The summed E-state index contributed by atoms with van der Waals surface area (Å²) >= 11 is 11.6. The van der Waals surface area contributed by atoms with Crippen LogP contribution in [0.3, 0.4) is 0 Å². The summed E-state index contributed by atoms with van der Waals surface area (Å²) in [5.41, 5.74) is 2.70. The van der Waals surface area contributed by atoms with Gasteiger partial charge in [-0.3, -0.25) is 0 Å². The molecule has 1 heterocycles. The molecule has 0 N–H and O–H groups in total. The number of pyridine rings is 1. The number of aromatic nitrogens is 1. The van der Waals surface area contributed by atoms with Crippen LogP contribution in [0.5, 0.6) is 0 Å². The lowest BCUT2D eigenvalue weighted by Crippen LogP contribution is -1.93. The molecule has 1 aromatic carbocycles. The largest absolute Gasteiger partial charge is 0.250 e. The molecule has 3 heteroatoms. The third-order valence-electron chi connectivity index (χ3n) is 2.16. The first-order valence-corrected chi connectivity index (χ1v) is 5.20. The van der Waals surface area contributed by atoms with E-state index in [-0.39, 0.29) is 0 Å². The Morgan fingerprint density at radius 2 is 1.93 bits per heavy atom. The molecule has 0 radical (unpaired) electrons. The molecule has 0 aliphatic rings.